The molecule has 5 rings (SSSR count). The van der Waals surface area contributed by atoms with Crippen LogP contribution in [0, 0.1) is 16.7 Å². The fourth-order valence-corrected chi connectivity index (χ4v) is 12.4. The number of hydrogen-bond donors (Lipinski definition) is 1. The Morgan fingerprint density at radius 1 is 0.828 bits per heavy atom. The Labute approximate surface area is 355 Å². The third-order valence-corrected chi connectivity index (χ3v) is 26.1. The summed E-state index contributed by atoms with van der Waals surface area (Å²) in [5.74, 6) is -0.484. The van der Waals surface area contributed by atoms with Gasteiger partial charge in [0.05, 0.1) is 50.8 Å². The highest BCUT2D eigenvalue weighted by Crippen LogP contribution is 2.67. The summed E-state index contributed by atoms with van der Waals surface area (Å²) in [4.78, 5) is 0. The second-order valence-corrected chi connectivity index (χ2v) is 38.3. The van der Waals surface area contributed by atoms with E-state index in [2.05, 4.69) is 127 Å². The third-order valence-electron chi connectivity index (χ3n) is 15.4. The van der Waals surface area contributed by atoms with E-state index in [9.17, 15) is 5.11 Å². The van der Waals surface area contributed by atoms with Crippen LogP contribution >= 0.6 is 0 Å². The van der Waals surface area contributed by atoms with Gasteiger partial charge in [-0.25, -0.2) is 0 Å². The van der Waals surface area contributed by atoms with Crippen molar-refractivity contribution in [3.05, 3.63) is 47.0 Å². The summed E-state index contributed by atoms with van der Waals surface area (Å²) in [5, 5.41) is 13.6. The second kappa shape index (κ2) is 17.1. The Morgan fingerprint density at radius 2 is 1.47 bits per heavy atom. The summed E-state index contributed by atoms with van der Waals surface area (Å²) in [6.07, 6.45) is -0.275. The minimum absolute atomic E-state index is 0.0342. The van der Waals surface area contributed by atoms with Crippen LogP contribution in [0.3, 0.4) is 0 Å². The molecule has 1 aromatic carbocycles. The molecule has 4 aliphatic rings. The molecule has 0 bridgehead atoms. The SMILES string of the molecule is CC1=C(CO[Si](C)(C)C(C)(C)C)C(C)(C)[C@@]2([C@@H](O)[C@H]3[C@](C)(COCOCc4ccccc4)[C@@H](O[Si](C)(C)C(C)(C)C)C[C@H]4OC[C@]43OCOCC[Si](C)(C)C)O[C@H]2C1. The molecule has 0 radical (unpaired) electrons. The summed E-state index contributed by atoms with van der Waals surface area (Å²) < 4.78 is 53.8. The highest BCUT2D eigenvalue weighted by molar-refractivity contribution is 6.76. The number of fused-ring (bicyclic) bond motifs is 2. The van der Waals surface area contributed by atoms with Crippen LogP contribution in [-0.2, 0) is 43.9 Å². The molecule has 2 aliphatic carbocycles. The summed E-state index contributed by atoms with van der Waals surface area (Å²) in [5.41, 5.74) is 0.639. The van der Waals surface area contributed by atoms with Crippen LogP contribution in [0.4, 0.5) is 0 Å². The zero-order valence-electron chi connectivity index (χ0n) is 39.6. The van der Waals surface area contributed by atoms with Crippen LogP contribution < -0.4 is 0 Å². The number of epoxide rings is 1. The summed E-state index contributed by atoms with van der Waals surface area (Å²) in [7, 11) is -5.71. The van der Waals surface area contributed by atoms with E-state index in [0.717, 1.165) is 18.0 Å². The lowest BCUT2D eigenvalue weighted by atomic mass is 9.50. The minimum atomic E-state index is -2.33. The van der Waals surface area contributed by atoms with Gasteiger partial charge >= 0.3 is 0 Å². The molecular weight excluding hydrogens is 781 g/mol. The van der Waals surface area contributed by atoms with E-state index in [1.54, 1.807) is 0 Å². The van der Waals surface area contributed by atoms with Crippen LogP contribution in [0.15, 0.2) is 41.5 Å². The largest absolute Gasteiger partial charge is 0.413 e. The van der Waals surface area contributed by atoms with Crippen molar-refractivity contribution >= 4 is 24.7 Å². The molecule has 0 amide bonds. The average Bonchev–Trinajstić information content (AvgIpc) is 3.82. The first-order valence-corrected chi connectivity index (χ1v) is 31.5. The van der Waals surface area contributed by atoms with Gasteiger partial charge in [0.25, 0.3) is 0 Å². The first-order valence-electron chi connectivity index (χ1n) is 22.0. The van der Waals surface area contributed by atoms with Crippen molar-refractivity contribution in [2.75, 3.05) is 40.0 Å². The first kappa shape index (κ1) is 48.3. The van der Waals surface area contributed by atoms with E-state index in [0.29, 0.717) is 39.5 Å². The molecule has 8 atom stereocenters. The van der Waals surface area contributed by atoms with Crippen molar-refractivity contribution in [3.63, 3.8) is 0 Å². The molecule has 2 heterocycles. The maximum absolute atomic E-state index is 13.6. The maximum Gasteiger partial charge on any atom is 0.192 e. The Bertz CT molecular complexity index is 1580. The van der Waals surface area contributed by atoms with Crippen LogP contribution in [-0.4, -0.2) is 105 Å². The van der Waals surface area contributed by atoms with Crippen molar-refractivity contribution in [3.8, 4) is 0 Å². The van der Waals surface area contributed by atoms with Crippen molar-refractivity contribution in [2.45, 2.75) is 186 Å². The van der Waals surface area contributed by atoms with Gasteiger partial charge in [0.15, 0.2) is 16.6 Å². The predicted molar refractivity (Wildman–Crippen MR) is 241 cm³/mol. The van der Waals surface area contributed by atoms with E-state index < -0.39 is 58.8 Å². The zero-order valence-corrected chi connectivity index (χ0v) is 42.6. The van der Waals surface area contributed by atoms with Gasteiger partial charge < -0.3 is 42.4 Å². The number of ether oxygens (including phenoxy) is 6. The highest BCUT2D eigenvalue weighted by Gasteiger charge is 2.79. The standard InChI is InChI=1S/C46H82O9Si3/c1-33-25-38-46(54-38,43(8,9)35(33)28-53-57(14,15)41(2,3)4)40(47)39-44(10,29-50-31-49-27-34-21-19-18-20-22-34)36(55-58(16,17)42(5,6)7)26-37-45(39,30-51-37)52-32-48-23-24-56(11,12)13/h18-22,36-40,47H,23-32H2,1-17H3/t36-,37+,38-,39-,40-,44+,45-,46+/m0/s1. The monoisotopic (exact) mass is 863 g/mol. The van der Waals surface area contributed by atoms with E-state index in [1.807, 2.05) is 18.2 Å². The molecule has 3 fully saturated rings. The molecular formula is C46H82O9Si3. The van der Waals surface area contributed by atoms with Gasteiger partial charge in [-0.1, -0.05) is 118 Å². The minimum Gasteiger partial charge on any atom is -0.413 e. The van der Waals surface area contributed by atoms with E-state index in [1.165, 1.54) is 11.1 Å². The van der Waals surface area contributed by atoms with Gasteiger partial charge in [0, 0.05) is 37.8 Å². The van der Waals surface area contributed by atoms with Crippen LogP contribution in [0.1, 0.15) is 87.6 Å². The van der Waals surface area contributed by atoms with Crippen molar-refractivity contribution in [2.24, 2.45) is 16.7 Å². The van der Waals surface area contributed by atoms with Gasteiger partial charge in [-0.15, -0.1) is 0 Å². The van der Waals surface area contributed by atoms with Gasteiger partial charge in [-0.2, -0.15) is 0 Å². The van der Waals surface area contributed by atoms with Gasteiger partial charge in [0.1, 0.15) is 24.8 Å². The molecule has 1 saturated carbocycles. The van der Waals surface area contributed by atoms with Crippen LogP contribution in [0.25, 0.3) is 0 Å². The van der Waals surface area contributed by atoms with Gasteiger partial charge in [0.2, 0.25) is 0 Å². The highest BCUT2D eigenvalue weighted by atomic mass is 28.4. The molecule has 12 heteroatoms. The van der Waals surface area contributed by atoms with Gasteiger partial charge in [-0.3, -0.25) is 0 Å². The Hall–Kier alpha value is -0.749. The molecule has 0 aromatic heterocycles. The quantitative estimate of drug-likeness (QED) is 0.0479. The first-order chi connectivity index (χ1) is 26.6. The summed E-state index contributed by atoms with van der Waals surface area (Å²) in [6, 6.07) is 11.2. The predicted octanol–water partition coefficient (Wildman–Crippen LogP) is 10.3. The fraction of sp³-hybridized carbons (Fsp3) is 0.826. The summed E-state index contributed by atoms with van der Waals surface area (Å²) in [6.45, 7) is 41.5. The fourth-order valence-electron chi connectivity index (χ4n) is 9.30. The lowest BCUT2D eigenvalue weighted by Gasteiger charge is -2.66. The number of rotatable bonds is 19. The smallest absolute Gasteiger partial charge is 0.192 e. The Kier molecular flexibility index (Phi) is 14.2. The topological polar surface area (TPSA) is 97.4 Å². The number of aliphatic hydroxyl groups excluding tert-OH is 1. The van der Waals surface area contributed by atoms with Gasteiger partial charge in [-0.05, 0) is 66.8 Å². The molecule has 1 N–H and O–H groups in total. The van der Waals surface area contributed by atoms with E-state index in [4.69, 9.17) is 37.3 Å². The second-order valence-electron chi connectivity index (χ2n) is 23.1. The molecule has 2 saturated heterocycles. The van der Waals surface area contributed by atoms with Crippen LogP contribution in [0.2, 0.25) is 61.9 Å². The number of benzene rings is 1. The Morgan fingerprint density at radius 3 is 2.03 bits per heavy atom. The molecule has 0 spiro atoms. The van der Waals surface area contributed by atoms with Crippen molar-refractivity contribution in [1.82, 2.24) is 0 Å². The van der Waals surface area contributed by atoms with Crippen molar-refractivity contribution < 1.29 is 42.4 Å². The number of hydrogen-bond acceptors (Lipinski definition) is 9. The molecule has 58 heavy (non-hydrogen) atoms. The zero-order chi connectivity index (χ0) is 43.4. The molecule has 0 unspecified atom stereocenters. The van der Waals surface area contributed by atoms with E-state index in [-0.39, 0.29) is 42.0 Å². The third kappa shape index (κ3) is 9.44. The van der Waals surface area contributed by atoms with E-state index >= 15 is 0 Å². The lowest BCUT2D eigenvalue weighted by molar-refractivity contribution is -0.368. The molecule has 9 nitrogen and oxygen atoms in total. The average molecular weight is 863 g/mol. The van der Waals surface area contributed by atoms with Crippen LogP contribution in [0.5, 0.6) is 0 Å². The summed E-state index contributed by atoms with van der Waals surface area (Å²) >= 11 is 0. The van der Waals surface area contributed by atoms with Crippen molar-refractivity contribution in [1.29, 1.82) is 0 Å². The molecule has 332 valence electrons. The normalized spacial score (nSPS) is 32.0. The maximum atomic E-state index is 13.6. The molecule has 1 aromatic rings. The number of aliphatic hydroxyl groups is 1. The molecule has 2 aliphatic heterocycles. The Balaban J connectivity index is 1.54. The lowest BCUT2D eigenvalue weighted by Crippen LogP contribution is -2.78.